The van der Waals surface area contributed by atoms with E-state index in [0.717, 1.165) is 30.3 Å². The molecule has 2 aromatic heterocycles. The van der Waals surface area contributed by atoms with E-state index in [0.29, 0.717) is 37.6 Å². The van der Waals surface area contributed by atoms with Gasteiger partial charge in [-0.15, -0.1) is 0 Å². The summed E-state index contributed by atoms with van der Waals surface area (Å²) in [6.45, 7) is 1.96. The van der Waals surface area contributed by atoms with Crippen molar-refractivity contribution in [1.82, 2.24) is 27.3 Å². The van der Waals surface area contributed by atoms with E-state index in [4.69, 9.17) is 0 Å². The van der Waals surface area contributed by atoms with Crippen molar-refractivity contribution >= 4 is 37.2 Å². The second-order valence-corrected chi connectivity index (χ2v) is 13.9. The number of aryl methyl sites for hydroxylation is 2. The zero-order valence-electron chi connectivity index (χ0n) is 22.3. The van der Waals surface area contributed by atoms with Gasteiger partial charge in [-0.05, 0) is 37.1 Å². The van der Waals surface area contributed by atoms with Gasteiger partial charge in [-0.2, -0.15) is 13.6 Å². The van der Waals surface area contributed by atoms with Crippen LogP contribution in [0.5, 0.6) is 0 Å². The third-order valence-corrected chi connectivity index (χ3v) is 11.5. The van der Waals surface area contributed by atoms with E-state index in [1.807, 2.05) is 4.90 Å². The summed E-state index contributed by atoms with van der Waals surface area (Å²) in [5.41, 5.74) is -0.360. The Morgan fingerprint density at radius 3 is 1.64 bits per heavy atom. The number of imidazole rings is 1. The highest BCUT2D eigenvalue weighted by molar-refractivity contribution is 7.89. The van der Waals surface area contributed by atoms with Crippen molar-refractivity contribution in [2.24, 2.45) is 21.1 Å². The third-order valence-electron chi connectivity index (χ3n) is 7.64. The average molecular weight is 580 g/mol. The smallest absolute Gasteiger partial charge is 0.332 e. The van der Waals surface area contributed by atoms with Crippen LogP contribution >= 0.6 is 0 Å². The highest BCUT2D eigenvalue weighted by atomic mass is 32.2. The summed E-state index contributed by atoms with van der Waals surface area (Å²) in [7, 11) is -2.86. The van der Waals surface area contributed by atoms with E-state index in [9.17, 15) is 26.4 Å². The molecule has 0 amide bonds. The molecule has 39 heavy (non-hydrogen) atoms. The number of fused-ring (bicyclic) bond motifs is 1. The highest BCUT2D eigenvalue weighted by Crippen LogP contribution is 2.25. The van der Waals surface area contributed by atoms with Crippen LogP contribution in [0.15, 0.2) is 43.6 Å². The fraction of sp³-hybridized carbons (Fsp3) is 0.542. The molecule has 0 spiro atoms. The predicted molar refractivity (Wildman–Crippen MR) is 146 cm³/mol. The van der Waals surface area contributed by atoms with Gasteiger partial charge in [-0.25, -0.2) is 21.6 Å². The lowest BCUT2D eigenvalue weighted by molar-refractivity contribution is 0.381. The van der Waals surface area contributed by atoms with Gasteiger partial charge in [0, 0.05) is 60.4 Å². The summed E-state index contributed by atoms with van der Waals surface area (Å²) in [5.74, 6) is 0.475. The molecule has 15 heteroatoms. The normalized spacial score (nSPS) is 18.5. The van der Waals surface area contributed by atoms with Gasteiger partial charge in [0.1, 0.15) is 0 Å². The Bertz CT molecular complexity index is 1720. The van der Waals surface area contributed by atoms with Crippen LogP contribution in [-0.4, -0.2) is 83.4 Å². The SMILES string of the molecule is Cn1c(=O)c2c(nc(N3CCN(S(=O)(=O)c4ccc(S(=O)(=O)N5CCCCCC5)cc4)CC3)n2C)n(C)c1=O. The first-order valence-electron chi connectivity index (χ1n) is 12.9. The zero-order chi connectivity index (χ0) is 28.1. The van der Waals surface area contributed by atoms with E-state index >= 15 is 0 Å². The number of hydrogen-bond donors (Lipinski definition) is 0. The maximum atomic E-state index is 13.4. The molecule has 0 radical (unpaired) electrons. The molecule has 13 nitrogen and oxygen atoms in total. The molecule has 0 N–H and O–H groups in total. The number of rotatable bonds is 5. The first-order valence-corrected chi connectivity index (χ1v) is 15.8. The Balaban J connectivity index is 1.33. The second kappa shape index (κ2) is 10.2. The minimum atomic E-state index is -3.85. The zero-order valence-corrected chi connectivity index (χ0v) is 23.9. The van der Waals surface area contributed by atoms with Crippen molar-refractivity contribution in [3.63, 3.8) is 0 Å². The molecule has 2 fully saturated rings. The molecule has 0 unspecified atom stereocenters. The summed E-state index contributed by atoms with van der Waals surface area (Å²) in [6, 6.07) is 5.45. The first-order chi connectivity index (χ1) is 18.4. The molecule has 212 valence electrons. The monoisotopic (exact) mass is 579 g/mol. The predicted octanol–water partition coefficient (Wildman–Crippen LogP) is 0.0463. The molecule has 1 aromatic carbocycles. The minimum absolute atomic E-state index is 0.0343. The first kappa shape index (κ1) is 27.6. The van der Waals surface area contributed by atoms with Crippen LogP contribution in [0.4, 0.5) is 5.95 Å². The molecule has 2 saturated heterocycles. The summed E-state index contributed by atoms with van der Waals surface area (Å²) in [4.78, 5) is 31.5. The third kappa shape index (κ3) is 4.70. The molecule has 2 aliphatic rings. The highest BCUT2D eigenvalue weighted by Gasteiger charge is 2.32. The lowest BCUT2D eigenvalue weighted by Gasteiger charge is -2.34. The summed E-state index contributed by atoms with van der Waals surface area (Å²) < 4.78 is 59.6. The molecular weight excluding hydrogens is 546 g/mol. The van der Waals surface area contributed by atoms with Crippen molar-refractivity contribution < 1.29 is 16.8 Å². The Hall–Kier alpha value is -3.01. The molecule has 0 atom stereocenters. The molecule has 5 rings (SSSR count). The van der Waals surface area contributed by atoms with E-state index in [1.165, 1.54) is 44.5 Å². The van der Waals surface area contributed by atoms with Gasteiger partial charge in [-0.3, -0.25) is 13.9 Å². The van der Waals surface area contributed by atoms with Crippen molar-refractivity contribution in [3.8, 4) is 0 Å². The Labute approximate surface area is 227 Å². The molecule has 2 aliphatic heterocycles. The molecule has 0 aliphatic carbocycles. The summed E-state index contributed by atoms with van der Waals surface area (Å²) in [5, 5.41) is 0. The minimum Gasteiger partial charge on any atom is -0.340 e. The maximum Gasteiger partial charge on any atom is 0.332 e. The van der Waals surface area contributed by atoms with Crippen LogP contribution in [-0.2, 0) is 41.2 Å². The van der Waals surface area contributed by atoms with Gasteiger partial charge >= 0.3 is 5.69 Å². The molecule has 0 saturated carbocycles. The van der Waals surface area contributed by atoms with E-state index < -0.39 is 31.3 Å². The second-order valence-electron chi connectivity index (χ2n) is 10.0. The largest absolute Gasteiger partial charge is 0.340 e. The molecular formula is C24H33N7O6S2. The lowest BCUT2D eigenvalue weighted by Crippen LogP contribution is -2.49. The van der Waals surface area contributed by atoms with Gasteiger partial charge in [0.25, 0.3) is 5.56 Å². The van der Waals surface area contributed by atoms with Crippen LogP contribution < -0.4 is 16.1 Å². The number of piperazine rings is 1. The Kier molecular flexibility index (Phi) is 7.20. The van der Waals surface area contributed by atoms with Gasteiger partial charge < -0.3 is 9.47 Å². The van der Waals surface area contributed by atoms with Gasteiger partial charge in [-0.1, -0.05) is 12.8 Å². The van der Waals surface area contributed by atoms with Crippen molar-refractivity contribution in [2.75, 3.05) is 44.2 Å². The Morgan fingerprint density at radius 2 is 1.13 bits per heavy atom. The average Bonchev–Trinajstić information content (AvgIpc) is 3.09. The number of anilines is 1. The molecule has 3 aromatic rings. The number of aromatic nitrogens is 4. The Morgan fingerprint density at radius 1 is 0.641 bits per heavy atom. The molecule has 0 bridgehead atoms. The lowest BCUT2D eigenvalue weighted by atomic mass is 10.2. The summed E-state index contributed by atoms with van der Waals surface area (Å²) in [6.07, 6.45) is 3.65. The van der Waals surface area contributed by atoms with Crippen LogP contribution in [0.2, 0.25) is 0 Å². The number of benzene rings is 1. The molecule has 4 heterocycles. The maximum absolute atomic E-state index is 13.4. The number of nitrogens with zero attached hydrogens (tertiary/aromatic N) is 7. The van der Waals surface area contributed by atoms with Crippen molar-refractivity contribution in [3.05, 3.63) is 45.1 Å². The topological polar surface area (TPSA) is 140 Å². The van der Waals surface area contributed by atoms with E-state index in [2.05, 4.69) is 4.98 Å². The van der Waals surface area contributed by atoms with Crippen molar-refractivity contribution in [1.29, 1.82) is 0 Å². The standard InChI is InChI=1S/C24H33N7O6S2/c1-26-20-21(27(2)24(33)28(3)22(20)32)25-23(26)29-14-16-31(17-15-29)39(36,37)19-10-8-18(9-11-19)38(34,35)30-12-6-4-5-7-13-30/h8-11H,4-7,12-17H2,1-3H3. The van der Waals surface area contributed by atoms with Gasteiger partial charge in [0.05, 0.1) is 9.79 Å². The number of hydrogen-bond acceptors (Lipinski definition) is 8. The fourth-order valence-corrected chi connectivity index (χ4v) is 8.22. The van der Waals surface area contributed by atoms with E-state index in [-0.39, 0.29) is 28.5 Å². The number of sulfonamides is 2. The van der Waals surface area contributed by atoms with Crippen molar-refractivity contribution in [2.45, 2.75) is 35.5 Å². The van der Waals surface area contributed by atoms with Crippen LogP contribution in [0, 0.1) is 0 Å². The van der Waals surface area contributed by atoms with E-state index in [1.54, 1.807) is 18.7 Å². The quantitative estimate of drug-likeness (QED) is 0.413. The van der Waals surface area contributed by atoms with Crippen LogP contribution in [0.3, 0.4) is 0 Å². The van der Waals surface area contributed by atoms with Crippen LogP contribution in [0.25, 0.3) is 11.2 Å². The fourth-order valence-electron chi connectivity index (χ4n) is 5.28. The van der Waals surface area contributed by atoms with Gasteiger partial charge in [0.15, 0.2) is 11.2 Å². The van der Waals surface area contributed by atoms with Gasteiger partial charge in [0.2, 0.25) is 26.0 Å². The summed E-state index contributed by atoms with van der Waals surface area (Å²) >= 11 is 0. The van der Waals surface area contributed by atoms with Crippen LogP contribution in [0.1, 0.15) is 25.7 Å².